The topological polar surface area (TPSA) is 9.23 Å². The van der Waals surface area contributed by atoms with E-state index in [1.54, 1.807) is 18.5 Å². The van der Waals surface area contributed by atoms with Gasteiger partial charge in [0.15, 0.2) is 0 Å². The zero-order chi connectivity index (χ0) is 4.99. The Hall–Kier alpha value is 2.06. The van der Waals surface area contributed by atoms with E-state index in [4.69, 9.17) is 16.3 Å². The molecule has 0 aromatic rings. The van der Waals surface area contributed by atoms with Gasteiger partial charge in [0.05, 0.1) is 0 Å². The molecule has 0 heterocycles. The predicted molar refractivity (Wildman–Crippen MR) is 36.2 cm³/mol. The van der Waals surface area contributed by atoms with Gasteiger partial charge in [0, 0.05) is 39.8 Å². The van der Waals surface area contributed by atoms with E-state index < -0.39 is 6.13 Å². The van der Waals surface area contributed by atoms with Crippen LogP contribution in [0, 0.1) is 0 Å². The predicted octanol–water partition coefficient (Wildman–Crippen LogP) is 1.50. The zero-order valence-electron chi connectivity index (χ0n) is 4.30. The Kier molecular flexibility index (Phi) is 13.6. The molecule has 0 rings (SSSR count). The third-order valence-corrected chi connectivity index (χ3v) is 4.50. The number of rotatable bonds is 2. The molecule has 41 valence electrons. The van der Waals surface area contributed by atoms with Crippen LogP contribution < -0.4 is 0 Å². The van der Waals surface area contributed by atoms with E-state index in [2.05, 4.69) is 0 Å². The maximum absolute atomic E-state index is 4.78. The van der Waals surface area contributed by atoms with Crippen LogP contribution in [0.5, 0.6) is 0 Å². The third kappa shape index (κ3) is 8.06. The van der Waals surface area contributed by atoms with E-state index >= 15 is 0 Å². The van der Waals surface area contributed by atoms with Gasteiger partial charge in [0.25, 0.3) is 0 Å². The van der Waals surface area contributed by atoms with Crippen molar-refractivity contribution in [3.05, 3.63) is 0 Å². The van der Waals surface area contributed by atoms with Gasteiger partial charge in [-0.2, -0.15) is 0 Å². The number of hydrogen-bond donors (Lipinski definition) is 0. The summed E-state index contributed by atoms with van der Waals surface area (Å²) in [5.41, 5.74) is 0. The molecule has 0 aliphatic carbocycles. The molecule has 1 unspecified atom stereocenters. The Balaban J connectivity index is 0. The van der Waals surface area contributed by atoms with Gasteiger partial charge in [-0.05, 0) is 6.26 Å². The zero-order valence-corrected chi connectivity index (χ0v) is 9.77. The molecule has 1 nitrogen and oxygen atoms in total. The first-order chi connectivity index (χ1) is 2.81. The van der Waals surface area contributed by atoms with Gasteiger partial charge in [-0.3, -0.25) is 0 Å². The minimum atomic E-state index is -0.868. The molecule has 0 bridgehead atoms. The van der Waals surface area contributed by atoms with Crippen molar-refractivity contribution >= 4 is 29.3 Å². The summed E-state index contributed by atoms with van der Waals surface area (Å²) in [7, 11) is 1.65. The maximum Gasteiger partial charge on any atom is 0.107 e. The first kappa shape index (κ1) is 11.8. The summed E-state index contributed by atoms with van der Waals surface area (Å²) < 4.78 is 4.78. The molecule has 0 aliphatic heterocycles. The Morgan fingerprint density at radius 1 is 1.71 bits per heavy atom. The summed E-state index contributed by atoms with van der Waals surface area (Å²) in [5, 5.41) is 0. The van der Waals surface area contributed by atoms with Crippen LogP contribution in [0.1, 0.15) is 0 Å². The molecule has 0 saturated carbocycles. The van der Waals surface area contributed by atoms with E-state index in [0.29, 0.717) is 0 Å². The second-order valence-electron chi connectivity index (χ2n) is 0.658. The molecule has 0 saturated heterocycles. The van der Waals surface area contributed by atoms with E-state index in [-0.39, 0.29) is 32.7 Å². The second kappa shape index (κ2) is 8.06. The van der Waals surface area contributed by atoms with Crippen molar-refractivity contribution in [1.29, 1.82) is 0 Å². The first-order valence-corrected chi connectivity index (χ1v) is 5.92. The molecule has 0 spiro atoms. The van der Waals surface area contributed by atoms with Crippen molar-refractivity contribution in [3.63, 3.8) is 0 Å². The van der Waals surface area contributed by atoms with Gasteiger partial charge in [-0.1, -0.05) is 11.8 Å². The second-order valence-corrected chi connectivity index (χ2v) is 6.20. The minimum absolute atomic E-state index is 0. The van der Waals surface area contributed by atoms with Crippen molar-refractivity contribution in [2.45, 2.75) is 0 Å². The van der Waals surface area contributed by atoms with Gasteiger partial charge < -0.3 is 4.52 Å². The standard InChI is InChI=1S/C2H7OPS2.Y/c1-3-4(5)6-2;/h4H,1-2H3;. The smallest absolute Gasteiger partial charge is 0.107 e. The average Bonchev–Trinajstić information content (AvgIpc) is 1.65. The third-order valence-electron chi connectivity index (χ3n) is 0.333. The summed E-state index contributed by atoms with van der Waals surface area (Å²) in [6.07, 6.45) is 1.09. The van der Waals surface area contributed by atoms with Crippen LogP contribution in [0.3, 0.4) is 0 Å². The summed E-state index contributed by atoms with van der Waals surface area (Å²) in [5.74, 6) is 0. The molecule has 1 radical (unpaired) electrons. The van der Waals surface area contributed by atoms with Crippen molar-refractivity contribution in [1.82, 2.24) is 0 Å². The Morgan fingerprint density at radius 3 is 2.14 bits per heavy atom. The van der Waals surface area contributed by atoms with Crippen LogP contribution in [-0.4, -0.2) is 13.4 Å². The van der Waals surface area contributed by atoms with Crippen LogP contribution >= 0.6 is 17.5 Å². The molecule has 5 heteroatoms. The van der Waals surface area contributed by atoms with Crippen LogP contribution in [0.15, 0.2) is 0 Å². The SMILES string of the molecule is CO[PH](=S)SC.[Y]. The fourth-order valence-corrected chi connectivity index (χ4v) is 0.750. The molecule has 7 heavy (non-hydrogen) atoms. The fraction of sp³-hybridized carbons (Fsp3) is 1.00. The van der Waals surface area contributed by atoms with Gasteiger partial charge in [-0.15, -0.1) is 11.4 Å². The van der Waals surface area contributed by atoms with Gasteiger partial charge in [0.2, 0.25) is 0 Å². The number of hydrogen-bond acceptors (Lipinski definition) is 3. The van der Waals surface area contributed by atoms with Crippen molar-refractivity contribution in [2.24, 2.45) is 0 Å². The molecule has 0 fully saturated rings. The van der Waals surface area contributed by atoms with E-state index in [0.717, 1.165) is 0 Å². The van der Waals surface area contributed by atoms with Gasteiger partial charge >= 0.3 is 0 Å². The van der Waals surface area contributed by atoms with Crippen molar-refractivity contribution in [3.8, 4) is 0 Å². The fourth-order valence-electron chi connectivity index (χ4n) is 0.0833. The quantitative estimate of drug-likeness (QED) is 0.666. The molecular formula is C2H7OPS2Y. The van der Waals surface area contributed by atoms with Crippen LogP contribution in [-0.2, 0) is 49.0 Å². The van der Waals surface area contributed by atoms with Crippen LogP contribution in [0.4, 0.5) is 0 Å². The van der Waals surface area contributed by atoms with Gasteiger partial charge in [0.1, 0.15) is 6.13 Å². The molecule has 0 aromatic carbocycles. The van der Waals surface area contributed by atoms with Gasteiger partial charge in [-0.25, -0.2) is 0 Å². The Bertz CT molecular complexity index is 53.7. The summed E-state index contributed by atoms with van der Waals surface area (Å²) in [6, 6.07) is 0. The first-order valence-electron chi connectivity index (χ1n) is 1.43. The summed E-state index contributed by atoms with van der Waals surface area (Å²) >= 11 is 6.40. The largest absolute Gasteiger partial charge is 0.347 e. The van der Waals surface area contributed by atoms with E-state index in [1.807, 2.05) is 6.26 Å². The summed E-state index contributed by atoms with van der Waals surface area (Å²) in [6.45, 7) is 0. The normalized spacial score (nSPS) is 12.3. The monoisotopic (exact) mass is 231 g/mol. The van der Waals surface area contributed by atoms with Crippen molar-refractivity contribution < 1.29 is 37.2 Å². The molecule has 0 N–H and O–H groups in total. The van der Waals surface area contributed by atoms with E-state index in [1.165, 1.54) is 0 Å². The Labute approximate surface area is 79.1 Å². The molecule has 0 aromatic heterocycles. The Morgan fingerprint density at radius 2 is 2.14 bits per heavy atom. The van der Waals surface area contributed by atoms with Crippen LogP contribution in [0.2, 0.25) is 0 Å². The van der Waals surface area contributed by atoms with E-state index in [9.17, 15) is 0 Å². The van der Waals surface area contributed by atoms with Crippen LogP contribution in [0.25, 0.3) is 0 Å². The molecular weight excluding hydrogens is 224 g/mol. The molecule has 0 aliphatic rings. The summed E-state index contributed by atoms with van der Waals surface area (Å²) in [4.78, 5) is 0. The maximum atomic E-state index is 4.78. The molecule has 1 atom stereocenters. The van der Waals surface area contributed by atoms with Crippen molar-refractivity contribution in [2.75, 3.05) is 13.4 Å². The molecule has 0 amide bonds. The minimum Gasteiger partial charge on any atom is -0.347 e. The average molecular weight is 231 g/mol.